The van der Waals surface area contributed by atoms with E-state index in [4.69, 9.17) is 4.74 Å². The lowest BCUT2D eigenvalue weighted by Crippen LogP contribution is -2.29. The standard InChI is InChI=1S/C16H16N4O3/c1-9(2)23-16-14(19-12(21)7-8-13(19)22)15-17-10-5-3-4-6-11(10)20(15)18-16/h3-6,9,18H,7-8H2,1-2H3. The summed E-state index contributed by atoms with van der Waals surface area (Å²) in [6.45, 7) is 3.78. The Hall–Kier alpha value is -2.83. The first kappa shape index (κ1) is 13.8. The molecule has 2 aromatic heterocycles. The van der Waals surface area contributed by atoms with Gasteiger partial charge < -0.3 is 4.74 Å². The average Bonchev–Trinajstić information content (AvgIpc) is 3.12. The second kappa shape index (κ2) is 4.84. The van der Waals surface area contributed by atoms with Gasteiger partial charge in [-0.2, -0.15) is 0 Å². The first-order valence-corrected chi connectivity index (χ1v) is 7.58. The third-order valence-electron chi connectivity index (χ3n) is 3.83. The molecule has 1 aliphatic rings. The van der Waals surface area contributed by atoms with E-state index in [-0.39, 0.29) is 30.8 Å². The molecule has 1 aliphatic heterocycles. The van der Waals surface area contributed by atoms with Crippen LogP contribution in [-0.4, -0.2) is 32.5 Å². The van der Waals surface area contributed by atoms with E-state index in [1.807, 2.05) is 38.1 Å². The summed E-state index contributed by atoms with van der Waals surface area (Å²) < 4.78 is 7.54. The molecule has 4 rings (SSSR count). The highest BCUT2D eigenvalue weighted by atomic mass is 16.5. The van der Waals surface area contributed by atoms with Crippen LogP contribution in [0.5, 0.6) is 5.88 Å². The Balaban J connectivity index is 2.01. The molecule has 1 fully saturated rings. The number of rotatable bonds is 3. The van der Waals surface area contributed by atoms with Gasteiger partial charge in [-0.05, 0) is 26.0 Å². The highest BCUT2D eigenvalue weighted by Gasteiger charge is 2.36. The number of imide groups is 1. The predicted molar refractivity (Wildman–Crippen MR) is 84.5 cm³/mol. The monoisotopic (exact) mass is 312 g/mol. The van der Waals surface area contributed by atoms with Crippen LogP contribution < -0.4 is 9.64 Å². The molecule has 0 radical (unpaired) electrons. The lowest BCUT2D eigenvalue weighted by atomic mass is 10.3. The number of ether oxygens (including phenoxy) is 1. The summed E-state index contributed by atoms with van der Waals surface area (Å²) in [6, 6.07) is 7.61. The van der Waals surface area contributed by atoms with E-state index in [1.54, 1.807) is 4.52 Å². The van der Waals surface area contributed by atoms with Crippen molar-refractivity contribution in [2.24, 2.45) is 0 Å². The third kappa shape index (κ3) is 2.00. The fraction of sp³-hybridized carbons (Fsp3) is 0.312. The zero-order valence-corrected chi connectivity index (χ0v) is 12.9. The van der Waals surface area contributed by atoms with Crippen LogP contribution in [0.15, 0.2) is 24.3 Å². The van der Waals surface area contributed by atoms with E-state index in [0.717, 1.165) is 11.0 Å². The van der Waals surface area contributed by atoms with Crippen molar-refractivity contribution in [2.75, 3.05) is 4.90 Å². The molecule has 23 heavy (non-hydrogen) atoms. The normalized spacial score (nSPS) is 15.5. The smallest absolute Gasteiger partial charge is 0.235 e. The molecule has 0 unspecified atom stereocenters. The number of anilines is 1. The Labute approximate surface area is 131 Å². The molecule has 7 heteroatoms. The lowest BCUT2D eigenvalue weighted by molar-refractivity contribution is -0.121. The van der Waals surface area contributed by atoms with Crippen LogP contribution >= 0.6 is 0 Å². The average molecular weight is 312 g/mol. The molecule has 3 heterocycles. The quantitative estimate of drug-likeness (QED) is 0.752. The van der Waals surface area contributed by atoms with Crippen molar-refractivity contribution >= 4 is 34.2 Å². The van der Waals surface area contributed by atoms with Gasteiger partial charge in [-0.3, -0.25) is 14.7 Å². The minimum atomic E-state index is -0.225. The second-order valence-electron chi connectivity index (χ2n) is 5.84. The van der Waals surface area contributed by atoms with Gasteiger partial charge in [0.1, 0.15) is 0 Å². The van der Waals surface area contributed by atoms with E-state index in [9.17, 15) is 9.59 Å². The van der Waals surface area contributed by atoms with E-state index in [0.29, 0.717) is 17.2 Å². The van der Waals surface area contributed by atoms with Crippen molar-refractivity contribution in [3.8, 4) is 5.88 Å². The number of carbonyl (C=O) groups is 2. The molecular formula is C16H16N4O3. The maximum absolute atomic E-state index is 12.2. The Morgan fingerprint density at radius 2 is 1.87 bits per heavy atom. The molecule has 0 bridgehead atoms. The van der Waals surface area contributed by atoms with Gasteiger partial charge in [-0.25, -0.2) is 14.4 Å². The Kier molecular flexibility index (Phi) is 2.90. The topological polar surface area (TPSA) is 79.7 Å². The highest BCUT2D eigenvalue weighted by molar-refractivity contribution is 6.22. The zero-order chi connectivity index (χ0) is 16.1. The number of hydrogen-bond donors (Lipinski definition) is 1. The van der Waals surface area contributed by atoms with E-state index in [1.165, 1.54) is 4.90 Å². The number of amides is 2. The summed E-state index contributed by atoms with van der Waals surface area (Å²) >= 11 is 0. The molecule has 7 nitrogen and oxygen atoms in total. The van der Waals surface area contributed by atoms with Gasteiger partial charge in [0, 0.05) is 12.8 Å². The van der Waals surface area contributed by atoms with Gasteiger partial charge in [0.25, 0.3) is 0 Å². The van der Waals surface area contributed by atoms with Crippen molar-refractivity contribution < 1.29 is 14.3 Å². The van der Waals surface area contributed by atoms with Gasteiger partial charge in [0.15, 0.2) is 11.3 Å². The fourth-order valence-corrected chi connectivity index (χ4v) is 2.90. The van der Waals surface area contributed by atoms with Crippen LogP contribution in [0.1, 0.15) is 26.7 Å². The van der Waals surface area contributed by atoms with E-state index in [2.05, 4.69) is 10.1 Å². The number of para-hydroxylation sites is 2. The predicted octanol–water partition coefficient (Wildman–Crippen LogP) is 2.26. The van der Waals surface area contributed by atoms with Crippen molar-refractivity contribution in [3.05, 3.63) is 24.3 Å². The number of fused-ring (bicyclic) bond motifs is 3. The largest absolute Gasteiger partial charge is 0.474 e. The molecule has 1 saturated heterocycles. The van der Waals surface area contributed by atoms with Gasteiger partial charge in [-0.15, -0.1) is 0 Å². The first-order valence-electron chi connectivity index (χ1n) is 7.58. The number of aromatic amines is 1. The number of benzene rings is 1. The molecule has 0 aliphatic carbocycles. The Bertz CT molecular complexity index is 922. The number of nitrogens with one attached hydrogen (secondary N) is 1. The molecule has 1 N–H and O–H groups in total. The summed E-state index contributed by atoms with van der Waals surface area (Å²) in [5.74, 6) is -0.0637. The Morgan fingerprint density at radius 1 is 1.17 bits per heavy atom. The van der Waals surface area contributed by atoms with Crippen LogP contribution in [0.4, 0.5) is 5.69 Å². The van der Waals surface area contributed by atoms with E-state index < -0.39 is 0 Å². The van der Waals surface area contributed by atoms with Crippen molar-refractivity contribution in [1.82, 2.24) is 14.6 Å². The molecule has 1 aromatic carbocycles. The fourth-order valence-electron chi connectivity index (χ4n) is 2.90. The van der Waals surface area contributed by atoms with Crippen LogP contribution in [-0.2, 0) is 9.59 Å². The molecule has 2 amide bonds. The van der Waals surface area contributed by atoms with Crippen LogP contribution in [0.25, 0.3) is 16.7 Å². The number of aromatic nitrogens is 3. The molecule has 0 atom stereocenters. The second-order valence-corrected chi connectivity index (χ2v) is 5.84. The number of imidazole rings is 1. The molecule has 0 saturated carbocycles. The molecule has 0 spiro atoms. The van der Waals surface area contributed by atoms with Gasteiger partial charge in [0.2, 0.25) is 17.7 Å². The van der Waals surface area contributed by atoms with Gasteiger partial charge >= 0.3 is 0 Å². The summed E-state index contributed by atoms with van der Waals surface area (Å²) in [5.41, 5.74) is 2.57. The minimum Gasteiger partial charge on any atom is -0.474 e. The number of H-pyrrole nitrogens is 1. The number of hydrogen-bond acceptors (Lipinski definition) is 4. The van der Waals surface area contributed by atoms with Crippen molar-refractivity contribution in [1.29, 1.82) is 0 Å². The van der Waals surface area contributed by atoms with Gasteiger partial charge in [0.05, 0.1) is 17.1 Å². The maximum atomic E-state index is 12.2. The number of nitrogens with zero attached hydrogens (tertiary/aromatic N) is 3. The number of carbonyl (C=O) groups excluding carboxylic acids is 2. The third-order valence-corrected chi connectivity index (χ3v) is 3.83. The van der Waals surface area contributed by atoms with Crippen LogP contribution in [0, 0.1) is 0 Å². The molecule has 3 aromatic rings. The summed E-state index contributed by atoms with van der Waals surface area (Å²) in [5, 5.41) is 3.12. The molecule has 118 valence electrons. The van der Waals surface area contributed by atoms with Gasteiger partial charge in [-0.1, -0.05) is 12.1 Å². The summed E-state index contributed by atoms with van der Waals surface area (Å²) in [6.07, 6.45) is 0.339. The van der Waals surface area contributed by atoms with Crippen molar-refractivity contribution in [2.45, 2.75) is 32.8 Å². The Morgan fingerprint density at radius 3 is 2.57 bits per heavy atom. The lowest BCUT2D eigenvalue weighted by Gasteiger charge is -2.15. The molecular weight excluding hydrogens is 296 g/mol. The van der Waals surface area contributed by atoms with Crippen LogP contribution in [0.2, 0.25) is 0 Å². The van der Waals surface area contributed by atoms with Crippen molar-refractivity contribution in [3.63, 3.8) is 0 Å². The SMILES string of the molecule is CC(C)Oc1[nH]n2c(nc3ccccc32)c1N1C(=O)CCC1=O. The minimum absolute atomic E-state index is 0.101. The zero-order valence-electron chi connectivity index (χ0n) is 12.9. The summed E-state index contributed by atoms with van der Waals surface area (Å²) in [7, 11) is 0. The summed E-state index contributed by atoms with van der Waals surface area (Å²) in [4.78, 5) is 30.1. The first-order chi connectivity index (χ1) is 11.1. The highest BCUT2D eigenvalue weighted by Crippen LogP contribution is 2.37. The van der Waals surface area contributed by atoms with Crippen LogP contribution in [0.3, 0.4) is 0 Å². The van der Waals surface area contributed by atoms with E-state index >= 15 is 0 Å². The maximum Gasteiger partial charge on any atom is 0.235 e.